The Labute approximate surface area is 177 Å². The zero-order valence-corrected chi connectivity index (χ0v) is 17.8. The highest BCUT2D eigenvalue weighted by molar-refractivity contribution is 5.87. The number of β-amino-alcohol motifs (C(OH)–C–C–N with tert-alkyl or cyclic N) is 1. The summed E-state index contributed by atoms with van der Waals surface area (Å²) in [6.45, 7) is 6.17. The second-order valence-electron chi connectivity index (χ2n) is 8.50. The lowest BCUT2D eigenvalue weighted by molar-refractivity contribution is -0.131. The number of carbonyl (C=O) groups excluding carboxylic acids is 1. The first-order valence-corrected chi connectivity index (χ1v) is 10.4. The van der Waals surface area contributed by atoms with Crippen molar-refractivity contribution in [2.75, 3.05) is 26.7 Å². The summed E-state index contributed by atoms with van der Waals surface area (Å²) in [7, 11) is 1.77. The van der Waals surface area contributed by atoms with Gasteiger partial charge in [-0.1, -0.05) is 38.1 Å². The van der Waals surface area contributed by atoms with E-state index in [1.165, 1.54) is 24.3 Å². The molecule has 0 bridgehead atoms. The van der Waals surface area contributed by atoms with Gasteiger partial charge in [0.15, 0.2) is 0 Å². The summed E-state index contributed by atoms with van der Waals surface area (Å²) >= 11 is 0. The molecule has 4 nitrogen and oxygen atoms in total. The van der Waals surface area contributed by atoms with Gasteiger partial charge in [-0.05, 0) is 47.7 Å². The number of halogens is 2. The van der Waals surface area contributed by atoms with E-state index >= 15 is 0 Å². The number of carbonyl (C=O) groups is 1. The first-order valence-electron chi connectivity index (χ1n) is 10.4. The van der Waals surface area contributed by atoms with Crippen LogP contribution in [0.1, 0.15) is 37.3 Å². The lowest BCUT2D eigenvalue weighted by Crippen LogP contribution is -2.47. The smallest absolute Gasteiger partial charge is 0.234 e. The van der Waals surface area contributed by atoms with E-state index in [0.29, 0.717) is 30.1 Å². The Balaban J connectivity index is 1.85. The van der Waals surface area contributed by atoms with Crippen molar-refractivity contribution in [2.24, 2.45) is 5.92 Å². The van der Waals surface area contributed by atoms with E-state index in [0.717, 1.165) is 13.0 Å². The lowest BCUT2D eigenvalue weighted by Gasteiger charge is -2.35. The third-order valence-electron chi connectivity index (χ3n) is 5.92. The number of likely N-dealkylation sites (N-methyl/N-ethyl adjacent to an activating group) is 1. The highest BCUT2D eigenvalue weighted by atomic mass is 19.1. The summed E-state index contributed by atoms with van der Waals surface area (Å²) in [6.07, 6.45) is 0.424. The normalized spacial score (nSPS) is 18.2. The average molecular weight is 417 g/mol. The van der Waals surface area contributed by atoms with Crippen molar-refractivity contribution in [1.29, 1.82) is 0 Å². The highest BCUT2D eigenvalue weighted by Crippen LogP contribution is 2.28. The van der Waals surface area contributed by atoms with Crippen LogP contribution in [0.5, 0.6) is 0 Å². The van der Waals surface area contributed by atoms with Gasteiger partial charge >= 0.3 is 0 Å². The predicted octanol–water partition coefficient (Wildman–Crippen LogP) is 3.65. The molecule has 0 radical (unpaired) electrons. The number of rotatable bonds is 7. The molecule has 1 aliphatic rings. The second-order valence-corrected chi connectivity index (χ2v) is 8.50. The molecule has 0 aromatic heterocycles. The van der Waals surface area contributed by atoms with Gasteiger partial charge < -0.3 is 10.0 Å². The van der Waals surface area contributed by atoms with Crippen LogP contribution >= 0.6 is 0 Å². The summed E-state index contributed by atoms with van der Waals surface area (Å²) in [5.74, 6) is -1.21. The molecule has 30 heavy (non-hydrogen) atoms. The van der Waals surface area contributed by atoms with E-state index in [9.17, 15) is 18.7 Å². The number of likely N-dealkylation sites (tertiary alicyclic amines) is 1. The van der Waals surface area contributed by atoms with E-state index in [1.54, 1.807) is 36.2 Å². The van der Waals surface area contributed by atoms with E-state index in [-0.39, 0.29) is 29.7 Å². The lowest BCUT2D eigenvalue weighted by atomic mass is 9.89. The van der Waals surface area contributed by atoms with Crippen molar-refractivity contribution in [3.8, 4) is 0 Å². The van der Waals surface area contributed by atoms with Gasteiger partial charge in [0, 0.05) is 32.7 Å². The minimum atomic E-state index is -0.645. The van der Waals surface area contributed by atoms with Crippen molar-refractivity contribution in [2.45, 2.75) is 38.3 Å². The average Bonchev–Trinajstić information content (AvgIpc) is 3.14. The molecule has 1 saturated heterocycles. The molecule has 0 spiro atoms. The SMILES string of the molecule is CC(C)C(CN(C)C(=O)C(c1ccc(F)cc1)c1ccc(F)cc1)N1CC[C@H](O)C1. The van der Waals surface area contributed by atoms with Crippen LogP contribution < -0.4 is 0 Å². The summed E-state index contributed by atoms with van der Waals surface area (Å²) in [5.41, 5.74) is 1.33. The van der Waals surface area contributed by atoms with Gasteiger partial charge in [-0.2, -0.15) is 0 Å². The van der Waals surface area contributed by atoms with Crippen LogP contribution in [0, 0.1) is 17.6 Å². The van der Waals surface area contributed by atoms with Crippen molar-refractivity contribution in [3.63, 3.8) is 0 Å². The van der Waals surface area contributed by atoms with Gasteiger partial charge in [0.2, 0.25) is 5.91 Å². The number of hydrogen-bond acceptors (Lipinski definition) is 3. The summed E-state index contributed by atoms with van der Waals surface area (Å²) < 4.78 is 26.9. The maximum atomic E-state index is 13.5. The first kappa shape index (κ1) is 22.4. The van der Waals surface area contributed by atoms with Crippen LogP contribution in [0.2, 0.25) is 0 Å². The van der Waals surface area contributed by atoms with E-state index in [4.69, 9.17) is 0 Å². The van der Waals surface area contributed by atoms with Crippen molar-refractivity contribution < 1.29 is 18.7 Å². The molecule has 1 aliphatic heterocycles. The molecule has 1 heterocycles. The van der Waals surface area contributed by atoms with Gasteiger partial charge in [-0.25, -0.2) is 8.78 Å². The third kappa shape index (κ3) is 5.24. The number of aliphatic hydroxyl groups is 1. The number of nitrogens with zero attached hydrogens (tertiary/aromatic N) is 2. The summed E-state index contributed by atoms with van der Waals surface area (Å²) in [5, 5.41) is 9.92. The number of amides is 1. The Morgan fingerprint density at radius 3 is 1.97 bits per heavy atom. The van der Waals surface area contributed by atoms with Gasteiger partial charge in [0.25, 0.3) is 0 Å². The topological polar surface area (TPSA) is 43.8 Å². The van der Waals surface area contributed by atoms with Crippen LogP contribution in [0.4, 0.5) is 8.78 Å². The molecule has 1 fully saturated rings. The molecule has 6 heteroatoms. The molecule has 2 aromatic carbocycles. The zero-order valence-electron chi connectivity index (χ0n) is 17.8. The van der Waals surface area contributed by atoms with Crippen molar-refractivity contribution in [1.82, 2.24) is 9.80 Å². The standard InChI is InChI=1S/C24H30F2N2O2/c1-16(2)22(28-13-12-21(29)14-28)15-27(3)24(30)23(17-4-8-19(25)9-5-17)18-6-10-20(26)11-7-18/h4-11,16,21-23,29H,12-15H2,1-3H3/t21-,22?/m0/s1. The second kappa shape index (κ2) is 9.67. The fourth-order valence-corrected chi connectivity index (χ4v) is 4.20. The molecule has 2 aromatic rings. The molecule has 3 rings (SSSR count). The minimum Gasteiger partial charge on any atom is -0.392 e. The van der Waals surface area contributed by atoms with Gasteiger partial charge in [-0.15, -0.1) is 0 Å². The van der Waals surface area contributed by atoms with Crippen LogP contribution in [0.15, 0.2) is 48.5 Å². The third-order valence-corrected chi connectivity index (χ3v) is 5.92. The largest absolute Gasteiger partial charge is 0.392 e. The summed E-state index contributed by atoms with van der Waals surface area (Å²) in [4.78, 5) is 17.5. The molecular formula is C24H30F2N2O2. The first-order chi connectivity index (χ1) is 14.3. The van der Waals surface area contributed by atoms with E-state index in [2.05, 4.69) is 18.7 Å². The van der Waals surface area contributed by atoms with Crippen LogP contribution in [0.25, 0.3) is 0 Å². The molecule has 2 atom stereocenters. The monoisotopic (exact) mass is 416 g/mol. The molecule has 1 amide bonds. The van der Waals surface area contributed by atoms with E-state index in [1.807, 2.05) is 0 Å². The molecule has 1 unspecified atom stereocenters. The Hall–Kier alpha value is -2.31. The van der Waals surface area contributed by atoms with Crippen LogP contribution in [-0.4, -0.2) is 59.6 Å². The Morgan fingerprint density at radius 1 is 1.07 bits per heavy atom. The quantitative estimate of drug-likeness (QED) is 0.749. The van der Waals surface area contributed by atoms with Crippen molar-refractivity contribution >= 4 is 5.91 Å². The fourth-order valence-electron chi connectivity index (χ4n) is 4.20. The fraction of sp³-hybridized carbons (Fsp3) is 0.458. The number of benzene rings is 2. The molecule has 162 valence electrons. The maximum absolute atomic E-state index is 13.5. The summed E-state index contributed by atoms with van der Waals surface area (Å²) in [6, 6.07) is 11.9. The van der Waals surface area contributed by atoms with Crippen LogP contribution in [-0.2, 0) is 4.79 Å². The molecule has 0 aliphatic carbocycles. The number of hydrogen-bond donors (Lipinski definition) is 1. The molecule has 0 saturated carbocycles. The van der Waals surface area contributed by atoms with Gasteiger partial charge in [0.1, 0.15) is 11.6 Å². The predicted molar refractivity (Wildman–Crippen MR) is 113 cm³/mol. The Morgan fingerprint density at radius 2 is 1.57 bits per heavy atom. The highest BCUT2D eigenvalue weighted by Gasteiger charge is 2.33. The maximum Gasteiger partial charge on any atom is 0.234 e. The van der Waals surface area contributed by atoms with E-state index < -0.39 is 5.92 Å². The zero-order chi connectivity index (χ0) is 21.8. The van der Waals surface area contributed by atoms with Gasteiger partial charge in [-0.3, -0.25) is 9.69 Å². The van der Waals surface area contributed by atoms with Crippen LogP contribution in [0.3, 0.4) is 0 Å². The number of aliphatic hydroxyl groups excluding tert-OH is 1. The molecular weight excluding hydrogens is 386 g/mol. The van der Waals surface area contributed by atoms with Gasteiger partial charge in [0.05, 0.1) is 12.0 Å². The minimum absolute atomic E-state index is 0.123. The molecule has 1 N–H and O–H groups in total. The Kier molecular flexibility index (Phi) is 7.21. The Bertz CT molecular complexity index is 794. The van der Waals surface area contributed by atoms with Crippen molar-refractivity contribution in [3.05, 3.63) is 71.3 Å².